The number of rotatable bonds is 6. The number of benzene rings is 5. The van der Waals surface area contributed by atoms with Crippen LogP contribution in [0.1, 0.15) is 79.0 Å². The van der Waals surface area contributed by atoms with Gasteiger partial charge in [0.2, 0.25) is 0 Å². The number of hydrogen-bond acceptors (Lipinski definition) is 4. The first kappa shape index (κ1) is 42.4. The first-order chi connectivity index (χ1) is 27.2. The average Bonchev–Trinajstić information content (AvgIpc) is 3.69. The molecule has 0 saturated carbocycles. The predicted molar refractivity (Wildman–Crippen MR) is 243 cm³/mol. The van der Waals surface area contributed by atoms with Gasteiger partial charge in [-0.15, -0.1) is 48.1 Å². The summed E-state index contributed by atoms with van der Waals surface area (Å²) in [6, 6.07) is 39.9. The van der Waals surface area contributed by atoms with E-state index in [1.54, 1.807) is 6.07 Å². The molecule has 5 aromatic carbocycles. The summed E-state index contributed by atoms with van der Waals surface area (Å²) in [4.78, 5) is 9.41. The van der Waals surface area contributed by atoms with Crippen molar-refractivity contribution < 1.29 is 30.2 Å². The van der Waals surface area contributed by atoms with Crippen LogP contribution >= 0.6 is 0 Å². The topological polar surface area (TPSA) is 33.5 Å². The van der Waals surface area contributed by atoms with E-state index in [1.807, 2.05) is 47.2 Å². The van der Waals surface area contributed by atoms with Gasteiger partial charge in [-0.3, -0.25) is 0 Å². The van der Waals surface area contributed by atoms with Crippen molar-refractivity contribution in [3.63, 3.8) is 0 Å². The van der Waals surface area contributed by atoms with Gasteiger partial charge >= 0.3 is 0 Å². The van der Waals surface area contributed by atoms with Gasteiger partial charge in [-0.1, -0.05) is 106 Å². The number of anilines is 4. The summed E-state index contributed by atoms with van der Waals surface area (Å²) in [5, 5.41) is 3.06. The summed E-state index contributed by atoms with van der Waals surface area (Å²) in [5.41, 5.74) is 9.63. The maximum Gasteiger partial charge on any atom is 0.135 e. The standard InChI is InChI=1S/C51H54FN4OSi.Pt/c1-49(2,3)33-23-24-53-47(28-33)56-43-22-19-36(52)29-42(43)41-21-20-40(31-45(41)56)57-39-16-13-15-37(30-39)54-32-55(48-44(54)17-14-18-46(48)58(10,11)12)38-26-34(50(4,5)6)25-35(27-38)51(7,8)9;/h13-29,32H,1-12H3;/q-3;. The summed E-state index contributed by atoms with van der Waals surface area (Å²) in [5.74, 6) is 1.55. The molecule has 0 bridgehead atoms. The molecule has 59 heavy (non-hydrogen) atoms. The molecular weight excluding hydrogens is 927 g/mol. The van der Waals surface area contributed by atoms with Crippen LogP contribution in [0.5, 0.6) is 11.5 Å². The van der Waals surface area contributed by atoms with Crippen molar-refractivity contribution in [2.45, 2.75) is 98.2 Å². The Balaban J connectivity index is 0.00000528. The Morgan fingerprint density at radius 1 is 0.661 bits per heavy atom. The van der Waals surface area contributed by atoms with Crippen LogP contribution in [-0.4, -0.2) is 17.6 Å². The molecule has 2 aromatic heterocycles. The van der Waals surface area contributed by atoms with Crippen molar-refractivity contribution in [2.24, 2.45) is 0 Å². The molecule has 0 atom stereocenters. The van der Waals surface area contributed by atoms with E-state index >= 15 is 0 Å². The van der Waals surface area contributed by atoms with Crippen LogP contribution in [0.2, 0.25) is 19.6 Å². The minimum Gasteiger partial charge on any atom is -0.509 e. The van der Waals surface area contributed by atoms with Crippen LogP contribution < -0.4 is 19.7 Å². The SMILES string of the molecule is CC(C)(C)c1cc(N2[CH-]N(c3[c-]c(Oc4[c-]c5c(cc4)c4cc(F)ccc4n5-c4cc(C(C)(C)C)ccn4)ccc3)c3cccc([Si](C)(C)C)c32)cc(C(C)(C)C)c1.[Pt]. The fourth-order valence-electron chi connectivity index (χ4n) is 7.78. The van der Waals surface area contributed by atoms with Gasteiger partial charge in [-0.2, -0.15) is 12.1 Å². The van der Waals surface area contributed by atoms with Crippen LogP contribution in [-0.2, 0) is 37.3 Å². The Morgan fingerprint density at radius 3 is 1.98 bits per heavy atom. The van der Waals surface area contributed by atoms with E-state index in [1.165, 1.54) is 28.1 Å². The molecule has 8 heteroatoms. The third-order valence-electron chi connectivity index (χ3n) is 11.2. The van der Waals surface area contributed by atoms with Crippen molar-refractivity contribution >= 4 is 57.8 Å². The Bertz CT molecular complexity index is 2680. The van der Waals surface area contributed by atoms with E-state index in [4.69, 9.17) is 9.72 Å². The number of hydrogen-bond donors (Lipinski definition) is 0. The quantitative estimate of drug-likeness (QED) is 0.123. The van der Waals surface area contributed by atoms with E-state index in [0.29, 0.717) is 11.5 Å². The molecule has 1 aliphatic rings. The zero-order valence-electron chi connectivity index (χ0n) is 36.3. The second-order valence-electron chi connectivity index (χ2n) is 19.8. The molecule has 0 fully saturated rings. The van der Waals surface area contributed by atoms with Gasteiger partial charge in [0.15, 0.2) is 0 Å². The fraction of sp³-hybridized carbons (Fsp3) is 0.294. The molecule has 5 nitrogen and oxygen atoms in total. The number of nitrogens with zero attached hydrogens (tertiary/aromatic N) is 4. The van der Waals surface area contributed by atoms with Gasteiger partial charge in [0.1, 0.15) is 11.6 Å². The van der Waals surface area contributed by atoms with Gasteiger partial charge < -0.3 is 19.1 Å². The summed E-state index contributed by atoms with van der Waals surface area (Å²) < 4.78 is 23.3. The van der Waals surface area contributed by atoms with Crippen LogP contribution in [0.4, 0.5) is 27.1 Å². The van der Waals surface area contributed by atoms with Gasteiger partial charge in [-0.25, -0.2) is 9.37 Å². The summed E-state index contributed by atoms with van der Waals surface area (Å²) in [7, 11) is -1.79. The van der Waals surface area contributed by atoms with Crippen molar-refractivity contribution in [1.82, 2.24) is 9.55 Å². The molecule has 308 valence electrons. The van der Waals surface area contributed by atoms with Gasteiger partial charge in [-0.05, 0) is 92.0 Å². The normalized spacial score (nSPS) is 13.6. The average molecular weight is 981 g/mol. The summed E-state index contributed by atoms with van der Waals surface area (Å²) >= 11 is 0. The van der Waals surface area contributed by atoms with Gasteiger partial charge in [0.25, 0.3) is 0 Å². The van der Waals surface area contributed by atoms with E-state index in [0.717, 1.165) is 50.2 Å². The molecule has 0 radical (unpaired) electrons. The predicted octanol–water partition coefficient (Wildman–Crippen LogP) is 13.6. The molecule has 3 heterocycles. The number of fused-ring (bicyclic) bond motifs is 4. The zero-order chi connectivity index (χ0) is 41.5. The number of halogens is 1. The second-order valence-corrected chi connectivity index (χ2v) is 24.8. The molecular formula is C51H54FN4OPtSi-3. The maximum atomic E-state index is 14.7. The number of para-hydroxylation sites is 1. The molecule has 8 rings (SSSR count). The minimum absolute atomic E-state index is 0. The maximum absolute atomic E-state index is 14.7. The monoisotopic (exact) mass is 980 g/mol. The third kappa shape index (κ3) is 8.13. The minimum atomic E-state index is -1.79. The Kier molecular flexibility index (Phi) is 10.8. The van der Waals surface area contributed by atoms with Crippen molar-refractivity contribution in [3.05, 3.63) is 145 Å². The first-order valence-electron chi connectivity index (χ1n) is 20.2. The van der Waals surface area contributed by atoms with Crippen LogP contribution in [0, 0.1) is 24.6 Å². The Morgan fingerprint density at radius 2 is 1.32 bits per heavy atom. The zero-order valence-corrected chi connectivity index (χ0v) is 39.6. The fourth-order valence-corrected chi connectivity index (χ4v) is 9.33. The van der Waals surface area contributed by atoms with E-state index in [9.17, 15) is 4.39 Å². The molecule has 7 aromatic rings. The second kappa shape index (κ2) is 15.1. The number of pyridine rings is 1. The molecule has 1 aliphatic heterocycles. The Hall–Kier alpha value is -4.71. The number of ether oxygens (including phenoxy) is 1. The van der Waals surface area contributed by atoms with Crippen molar-refractivity contribution in [2.75, 3.05) is 9.80 Å². The molecule has 0 aliphatic carbocycles. The van der Waals surface area contributed by atoms with Gasteiger partial charge in [0, 0.05) is 61.3 Å². The van der Waals surface area contributed by atoms with E-state index in [2.05, 4.69) is 159 Å². The van der Waals surface area contributed by atoms with Gasteiger partial charge in [0.05, 0.1) is 8.07 Å². The Labute approximate surface area is 365 Å². The molecule has 0 N–H and O–H groups in total. The molecule has 0 spiro atoms. The number of aromatic nitrogens is 2. The van der Waals surface area contributed by atoms with Crippen molar-refractivity contribution in [3.8, 4) is 17.3 Å². The molecule has 0 unspecified atom stereocenters. The third-order valence-corrected chi connectivity index (χ3v) is 13.2. The van der Waals surface area contributed by atoms with Crippen LogP contribution in [0.15, 0.2) is 103 Å². The first-order valence-corrected chi connectivity index (χ1v) is 23.7. The molecule has 0 amide bonds. The summed E-state index contributed by atoms with van der Waals surface area (Å²) in [6.45, 7) is 29.7. The smallest absolute Gasteiger partial charge is 0.135 e. The van der Waals surface area contributed by atoms with E-state index in [-0.39, 0.29) is 43.1 Å². The van der Waals surface area contributed by atoms with Crippen LogP contribution in [0.3, 0.4) is 0 Å². The van der Waals surface area contributed by atoms with E-state index < -0.39 is 8.07 Å². The molecule has 0 saturated heterocycles. The largest absolute Gasteiger partial charge is 0.509 e. The van der Waals surface area contributed by atoms with Crippen LogP contribution in [0.25, 0.3) is 27.6 Å². The van der Waals surface area contributed by atoms with Crippen molar-refractivity contribution in [1.29, 1.82) is 0 Å². The summed E-state index contributed by atoms with van der Waals surface area (Å²) in [6.07, 6.45) is 1.84.